The van der Waals surface area contributed by atoms with Crippen LogP contribution < -0.4 is 10.6 Å². The van der Waals surface area contributed by atoms with Gasteiger partial charge < -0.3 is 15.4 Å². The molecule has 0 saturated carbocycles. The van der Waals surface area contributed by atoms with Crippen molar-refractivity contribution >= 4 is 11.4 Å². The average Bonchev–Trinajstić information content (AvgIpc) is 2.46. The Balaban J connectivity index is 2.32. The summed E-state index contributed by atoms with van der Waals surface area (Å²) in [5.41, 5.74) is 5.14. The average molecular weight is 287 g/mol. The Morgan fingerprint density at radius 1 is 1.55 bits per heavy atom. The van der Waals surface area contributed by atoms with Gasteiger partial charge in [0.15, 0.2) is 0 Å². The van der Waals surface area contributed by atoms with E-state index in [2.05, 4.69) is 0 Å². The van der Waals surface area contributed by atoms with E-state index in [9.17, 15) is 18.9 Å². The second-order valence-electron chi connectivity index (χ2n) is 4.48. The van der Waals surface area contributed by atoms with Crippen molar-refractivity contribution in [3.05, 3.63) is 33.9 Å². The zero-order valence-corrected chi connectivity index (χ0v) is 10.7. The number of hydrogen-bond acceptors (Lipinski definition) is 5. The number of rotatable bonds is 4. The van der Waals surface area contributed by atoms with Crippen molar-refractivity contribution in [2.24, 2.45) is 5.73 Å². The van der Waals surface area contributed by atoms with Crippen LogP contribution >= 0.6 is 0 Å². The minimum Gasteiger partial charge on any atom is -0.373 e. The maximum absolute atomic E-state index is 13.1. The normalized spacial score (nSPS) is 19.4. The van der Waals surface area contributed by atoms with Crippen LogP contribution in [0.1, 0.15) is 12.0 Å². The molecule has 0 aromatic heterocycles. The van der Waals surface area contributed by atoms with Gasteiger partial charge in [-0.1, -0.05) is 0 Å². The second kappa shape index (κ2) is 6.10. The molecule has 8 heteroatoms. The number of non-ortho nitro benzene ring substituents is 1. The van der Waals surface area contributed by atoms with Gasteiger partial charge in [-0.15, -0.1) is 0 Å². The third-order valence-corrected chi connectivity index (χ3v) is 3.20. The number of nitro benzene ring substituents is 1. The molecule has 1 aromatic carbocycles. The maximum Gasteiger partial charge on any atom is 0.270 e. The highest BCUT2D eigenvalue weighted by atomic mass is 19.3. The first kappa shape index (κ1) is 14.6. The first-order chi connectivity index (χ1) is 9.52. The topological polar surface area (TPSA) is 81.6 Å². The monoisotopic (exact) mass is 287 g/mol. The molecule has 110 valence electrons. The van der Waals surface area contributed by atoms with Crippen molar-refractivity contribution in [3.63, 3.8) is 0 Å². The molecule has 2 rings (SSSR count). The van der Waals surface area contributed by atoms with Crippen LogP contribution in [0, 0.1) is 10.1 Å². The number of nitro groups is 1. The fourth-order valence-electron chi connectivity index (χ4n) is 2.20. The molecule has 0 aliphatic carbocycles. The van der Waals surface area contributed by atoms with Gasteiger partial charge in [0.1, 0.15) is 0 Å². The zero-order chi connectivity index (χ0) is 14.7. The molecule has 6 nitrogen and oxygen atoms in total. The number of alkyl halides is 2. The standard InChI is InChI=1S/C12H15F2N3O3/c13-12(14)10-5-8(17(18)19)1-2-11(10)16-3-4-20-9(6-15)7-16/h1-2,5,9,12H,3-4,6-7,15H2. The first-order valence-corrected chi connectivity index (χ1v) is 6.16. The van der Waals surface area contributed by atoms with E-state index in [0.29, 0.717) is 31.9 Å². The molecule has 1 unspecified atom stereocenters. The Hall–Kier alpha value is -1.80. The van der Waals surface area contributed by atoms with Gasteiger partial charge in [-0.3, -0.25) is 10.1 Å². The van der Waals surface area contributed by atoms with Crippen LogP contribution in [0.3, 0.4) is 0 Å². The van der Waals surface area contributed by atoms with Gasteiger partial charge in [-0.25, -0.2) is 8.78 Å². The maximum atomic E-state index is 13.1. The molecule has 2 N–H and O–H groups in total. The summed E-state index contributed by atoms with van der Waals surface area (Å²) in [4.78, 5) is 11.7. The van der Waals surface area contributed by atoms with E-state index in [-0.39, 0.29) is 17.4 Å². The lowest BCUT2D eigenvalue weighted by molar-refractivity contribution is -0.385. The predicted molar refractivity (Wildman–Crippen MR) is 69.1 cm³/mol. The molecule has 1 atom stereocenters. The number of hydrogen-bond donors (Lipinski definition) is 1. The lowest BCUT2D eigenvalue weighted by Gasteiger charge is -2.35. The van der Waals surface area contributed by atoms with Crippen molar-refractivity contribution in [1.82, 2.24) is 0 Å². The fraction of sp³-hybridized carbons (Fsp3) is 0.500. The van der Waals surface area contributed by atoms with Crippen LogP contribution in [0.2, 0.25) is 0 Å². The van der Waals surface area contributed by atoms with Gasteiger partial charge >= 0.3 is 0 Å². The Kier molecular flexibility index (Phi) is 4.46. The molecule has 1 saturated heterocycles. The summed E-state index contributed by atoms with van der Waals surface area (Å²) in [6.45, 7) is 1.54. The van der Waals surface area contributed by atoms with Crippen LogP contribution in [-0.2, 0) is 4.74 Å². The SMILES string of the molecule is NCC1CN(c2ccc([N+](=O)[O-])cc2C(F)F)CCO1. The summed E-state index contributed by atoms with van der Waals surface area (Å²) in [7, 11) is 0. The van der Waals surface area contributed by atoms with E-state index in [1.165, 1.54) is 12.1 Å². The molecule has 20 heavy (non-hydrogen) atoms. The van der Waals surface area contributed by atoms with Gasteiger partial charge in [-0.2, -0.15) is 0 Å². The molecule has 0 spiro atoms. The predicted octanol–water partition coefficient (Wildman–Crippen LogP) is 1.70. The molecule has 1 aliphatic heterocycles. The van der Waals surface area contributed by atoms with Crippen molar-refractivity contribution in [2.45, 2.75) is 12.5 Å². The summed E-state index contributed by atoms with van der Waals surface area (Å²) in [5.74, 6) is 0. The van der Waals surface area contributed by atoms with Crippen molar-refractivity contribution in [2.75, 3.05) is 31.1 Å². The Bertz CT molecular complexity index is 499. The summed E-state index contributed by atoms with van der Waals surface area (Å²) in [5, 5.41) is 10.7. The smallest absolute Gasteiger partial charge is 0.270 e. The largest absolute Gasteiger partial charge is 0.373 e. The minimum atomic E-state index is -2.77. The Morgan fingerprint density at radius 3 is 2.90 bits per heavy atom. The number of morpholine rings is 1. The lowest BCUT2D eigenvalue weighted by Crippen LogP contribution is -2.46. The lowest BCUT2D eigenvalue weighted by atomic mass is 10.1. The van der Waals surface area contributed by atoms with Gasteiger partial charge in [0, 0.05) is 43.0 Å². The number of nitrogens with two attached hydrogens (primary N) is 1. The highest BCUT2D eigenvalue weighted by Crippen LogP contribution is 2.33. The van der Waals surface area contributed by atoms with Gasteiger partial charge in [0.2, 0.25) is 0 Å². The number of benzene rings is 1. The van der Waals surface area contributed by atoms with E-state index < -0.39 is 11.3 Å². The number of halogens is 2. The zero-order valence-electron chi connectivity index (χ0n) is 10.7. The molecular formula is C12H15F2N3O3. The number of nitrogens with zero attached hydrogens (tertiary/aromatic N) is 2. The molecular weight excluding hydrogens is 272 g/mol. The molecule has 0 amide bonds. The Morgan fingerprint density at radius 2 is 2.30 bits per heavy atom. The third-order valence-electron chi connectivity index (χ3n) is 3.20. The van der Waals surface area contributed by atoms with Crippen LogP contribution in [0.5, 0.6) is 0 Å². The van der Waals surface area contributed by atoms with Crippen LogP contribution in [0.25, 0.3) is 0 Å². The minimum absolute atomic E-state index is 0.218. The molecule has 0 radical (unpaired) electrons. The first-order valence-electron chi connectivity index (χ1n) is 6.16. The highest BCUT2D eigenvalue weighted by molar-refractivity contribution is 5.58. The molecule has 1 heterocycles. The highest BCUT2D eigenvalue weighted by Gasteiger charge is 2.25. The van der Waals surface area contributed by atoms with Crippen molar-refractivity contribution < 1.29 is 18.4 Å². The van der Waals surface area contributed by atoms with Gasteiger partial charge in [0.05, 0.1) is 17.6 Å². The van der Waals surface area contributed by atoms with Crippen molar-refractivity contribution in [1.29, 1.82) is 0 Å². The fourth-order valence-corrected chi connectivity index (χ4v) is 2.20. The summed E-state index contributed by atoms with van der Waals surface area (Å²) in [6, 6.07) is 3.51. The summed E-state index contributed by atoms with van der Waals surface area (Å²) in [6.07, 6.45) is -2.99. The Labute approximate surface area is 114 Å². The van der Waals surface area contributed by atoms with E-state index in [1.807, 2.05) is 0 Å². The third kappa shape index (κ3) is 3.02. The van der Waals surface area contributed by atoms with E-state index in [4.69, 9.17) is 10.5 Å². The number of ether oxygens (including phenoxy) is 1. The number of anilines is 1. The molecule has 1 aromatic rings. The van der Waals surface area contributed by atoms with Gasteiger partial charge in [0.25, 0.3) is 12.1 Å². The quantitative estimate of drug-likeness (QED) is 0.673. The molecule has 0 bridgehead atoms. The summed E-state index contributed by atoms with van der Waals surface area (Å²) < 4.78 is 31.6. The van der Waals surface area contributed by atoms with Crippen LogP contribution in [0.4, 0.5) is 20.2 Å². The van der Waals surface area contributed by atoms with E-state index >= 15 is 0 Å². The van der Waals surface area contributed by atoms with Crippen molar-refractivity contribution in [3.8, 4) is 0 Å². The summed E-state index contributed by atoms with van der Waals surface area (Å²) >= 11 is 0. The molecule has 1 aliphatic rings. The van der Waals surface area contributed by atoms with Gasteiger partial charge in [-0.05, 0) is 6.07 Å². The van der Waals surface area contributed by atoms with E-state index in [1.54, 1.807) is 4.90 Å². The van der Waals surface area contributed by atoms with E-state index in [0.717, 1.165) is 6.07 Å². The van der Waals surface area contributed by atoms with Crippen LogP contribution in [-0.4, -0.2) is 37.3 Å². The molecule has 1 fully saturated rings. The van der Waals surface area contributed by atoms with Crippen LogP contribution in [0.15, 0.2) is 18.2 Å². The second-order valence-corrected chi connectivity index (χ2v) is 4.48.